The lowest BCUT2D eigenvalue weighted by Crippen LogP contribution is -2.32. The minimum Gasteiger partial charge on any atom is -0.497 e. The number of ether oxygens (including phenoxy) is 1. The fourth-order valence-corrected chi connectivity index (χ4v) is 3.44. The van der Waals surface area contributed by atoms with Gasteiger partial charge in [0.05, 0.1) is 37.7 Å². The molecule has 0 bridgehead atoms. The highest BCUT2D eigenvalue weighted by atomic mass is 16.5. The van der Waals surface area contributed by atoms with Gasteiger partial charge < -0.3 is 9.64 Å². The van der Waals surface area contributed by atoms with Crippen LogP contribution in [0.15, 0.2) is 55.4 Å². The highest BCUT2D eigenvalue weighted by molar-refractivity contribution is 5.79. The number of amides is 1. The number of aromatic nitrogens is 4. The zero-order valence-corrected chi connectivity index (χ0v) is 15.2. The smallest absolute Gasteiger partial charge is 0.227 e. The Balaban J connectivity index is 1.51. The Morgan fingerprint density at radius 3 is 2.81 bits per heavy atom. The zero-order chi connectivity index (χ0) is 18.6. The van der Waals surface area contributed by atoms with Gasteiger partial charge >= 0.3 is 0 Å². The number of hydrogen-bond acceptors (Lipinski definition) is 5. The third-order valence-electron chi connectivity index (χ3n) is 4.84. The van der Waals surface area contributed by atoms with Crippen LogP contribution in [0.25, 0.3) is 5.82 Å². The van der Waals surface area contributed by atoms with E-state index in [9.17, 15) is 4.79 Å². The molecule has 0 radical (unpaired) electrons. The van der Waals surface area contributed by atoms with Crippen LogP contribution in [0.1, 0.15) is 30.1 Å². The molecule has 1 atom stereocenters. The highest BCUT2D eigenvalue weighted by Gasteiger charge is 2.31. The predicted octanol–water partition coefficient (Wildman–Crippen LogP) is 2.58. The van der Waals surface area contributed by atoms with Crippen LogP contribution in [0.5, 0.6) is 5.75 Å². The first-order valence-electron chi connectivity index (χ1n) is 8.97. The fourth-order valence-electron chi connectivity index (χ4n) is 3.44. The lowest BCUT2D eigenvalue weighted by Gasteiger charge is -2.24. The number of imidazole rings is 1. The lowest BCUT2D eigenvalue weighted by atomic mass is 10.1. The molecule has 1 aromatic carbocycles. The molecule has 138 valence electrons. The van der Waals surface area contributed by atoms with E-state index in [4.69, 9.17) is 9.72 Å². The van der Waals surface area contributed by atoms with Crippen LogP contribution in [0.4, 0.5) is 0 Å². The summed E-state index contributed by atoms with van der Waals surface area (Å²) >= 11 is 0. The van der Waals surface area contributed by atoms with Gasteiger partial charge in [0.2, 0.25) is 5.91 Å². The highest BCUT2D eigenvalue weighted by Crippen LogP contribution is 2.31. The second-order valence-electron chi connectivity index (χ2n) is 6.54. The van der Waals surface area contributed by atoms with Crippen molar-refractivity contribution in [2.24, 2.45) is 0 Å². The summed E-state index contributed by atoms with van der Waals surface area (Å²) in [5.74, 6) is 1.61. The van der Waals surface area contributed by atoms with E-state index in [-0.39, 0.29) is 11.9 Å². The number of benzene rings is 1. The van der Waals surface area contributed by atoms with E-state index in [2.05, 4.69) is 9.97 Å². The van der Waals surface area contributed by atoms with Crippen molar-refractivity contribution in [3.05, 3.63) is 66.6 Å². The maximum Gasteiger partial charge on any atom is 0.227 e. The maximum absolute atomic E-state index is 12.9. The molecule has 7 heteroatoms. The van der Waals surface area contributed by atoms with Crippen LogP contribution in [-0.4, -0.2) is 44.0 Å². The molecule has 0 unspecified atom stereocenters. The summed E-state index contributed by atoms with van der Waals surface area (Å²) in [6.45, 7) is 0.747. The van der Waals surface area contributed by atoms with Crippen molar-refractivity contribution in [1.82, 2.24) is 24.4 Å². The molecule has 3 heterocycles. The minimum absolute atomic E-state index is 0.0354. The van der Waals surface area contributed by atoms with Crippen molar-refractivity contribution in [3.63, 3.8) is 0 Å². The average molecular weight is 363 g/mol. The molecule has 1 amide bonds. The minimum atomic E-state index is -0.0354. The standard InChI is InChI=1S/C20H21N5O2/c1-27-16-6-4-15(5-7-16)11-20(26)25-9-2-3-18(25)17-12-22-13-19(23-17)24-10-8-21-14-24/h4-8,10,12-14,18H,2-3,9,11H2,1H3/t18-/m1/s1. The molecule has 1 fully saturated rings. The first kappa shape index (κ1) is 17.2. The summed E-state index contributed by atoms with van der Waals surface area (Å²) in [6.07, 6.45) is 10.9. The molecule has 0 spiro atoms. The van der Waals surface area contributed by atoms with Gasteiger partial charge in [0.1, 0.15) is 12.1 Å². The second kappa shape index (κ2) is 7.57. The van der Waals surface area contributed by atoms with Crippen molar-refractivity contribution in [1.29, 1.82) is 0 Å². The largest absolute Gasteiger partial charge is 0.497 e. The second-order valence-corrected chi connectivity index (χ2v) is 6.54. The lowest BCUT2D eigenvalue weighted by molar-refractivity contribution is -0.131. The fraction of sp³-hybridized carbons (Fsp3) is 0.300. The van der Waals surface area contributed by atoms with E-state index in [1.54, 1.807) is 32.0 Å². The van der Waals surface area contributed by atoms with Crippen molar-refractivity contribution < 1.29 is 9.53 Å². The molecule has 1 saturated heterocycles. The van der Waals surface area contributed by atoms with E-state index in [0.29, 0.717) is 12.2 Å². The summed E-state index contributed by atoms with van der Waals surface area (Å²) in [6, 6.07) is 7.59. The number of hydrogen-bond donors (Lipinski definition) is 0. The van der Waals surface area contributed by atoms with E-state index in [1.165, 1.54) is 0 Å². The van der Waals surface area contributed by atoms with Gasteiger partial charge in [-0.1, -0.05) is 12.1 Å². The van der Waals surface area contributed by atoms with E-state index in [1.807, 2.05) is 39.9 Å². The summed E-state index contributed by atoms with van der Waals surface area (Å²) < 4.78 is 6.99. The first-order chi connectivity index (χ1) is 13.2. The van der Waals surface area contributed by atoms with Crippen molar-refractivity contribution in [2.75, 3.05) is 13.7 Å². The molecule has 2 aromatic heterocycles. The average Bonchev–Trinajstić information content (AvgIpc) is 3.41. The molecule has 4 rings (SSSR count). The summed E-state index contributed by atoms with van der Waals surface area (Å²) in [4.78, 5) is 27.9. The van der Waals surface area contributed by atoms with Crippen LogP contribution >= 0.6 is 0 Å². The zero-order valence-electron chi connectivity index (χ0n) is 15.2. The van der Waals surface area contributed by atoms with Gasteiger partial charge in [-0.05, 0) is 30.5 Å². The quantitative estimate of drug-likeness (QED) is 0.697. The number of likely N-dealkylation sites (tertiary alicyclic amines) is 1. The van der Waals surface area contributed by atoms with Crippen LogP contribution in [0, 0.1) is 0 Å². The van der Waals surface area contributed by atoms with Crippen LogP contribution in [0.2, 0.25) is 0 Å². The van der Waals surface area contributed by atoms with Gasteiger partial charge in [-0.15, -0.1) is 0 Å². The molecule has 0 saturated carbocycles. The Kier molecular flexibility index (Phi) is 4.82. The van der Waals surface area contributed by atoms with Gasteiger partial charge in [0.15, 0.2) is 5.82 Å². The SMILES string of the molecule is COc1ccc(CC(=O)N2CCC[C@@H]2c2cncc(-n3ccnc3)n2)cc1. The summed E-state index contributed by atoms with van der Waals surface area (Å²) in [5.41, 5.74) is 1.80. The monoisotopic (exact) mass is 363 g/mol. The molecule has 0 aliphatic carbocycles. The summed E-state index contributed by atoms with van der Waals surface area (Å²) in [5, 5.41) is 0. The van der Waals surface area contributed by atoms with E-state index < -0.39 is 0 Å². The Labute approximate surface area is 157 Å². The topological polar surface area (TPSA) is 73.1 Å². The molecule has 1 aliphatic rings. The Morgan fingerprint density at radius 1 is 1.22 bits per heavy atom. The van der Waals surface area contributed by atoms with E-state index >= 15 is 0 Å². The van der Waals surface area contributed by atoms with Crippen LogP contribution in [0.3, 0.4) is 0 Å². The molecular formula is C20H21N5O2. The van der Waals surface area contributed by atoms with E-state index in [0.717, 1.165) is 36.4 Å². The number of carbonyl (C=O) groups excluding carboxylic acids is 1. The molecular weight excluding hydrogens is 342 g/mol. The van der Waals surface area contributed by atoms with Crippen LogP contribution < -0.4 is 4.74 Å². The Morgan fingerprint density at radius 2 is 2.07 bits per heavy atom. The Hall–Kier alpha value is -3.22. The van der Waals surface area contributed by atoms with Crippen LogP contribution in [-0.2, 0) is 11.2 Å². The van der Waals surface area contributed by atoms with Gasteiger partial charge in [-0.25, -0.2) is 9.97 Å². The molecule has 7 nitrogen and oxygen atoms in total. The summed E-state index contributed by atoms with van der Waals surface area (Å²) in [7, 11) is 1.63. The normalized spacial score (nSPS) is 16.5. The van der Waals surface area contributed by atoms with Crippen molar-refractivity contribution in [3.8, 4) is 11.6 Å². The van der Waals surface area contributed by atoms with Gasteiger partial charge in [0, 0.05) is 18.9 Å². The third-order valence-corrected chi connectivity index (χ3v) is 4.84. The van der Waals surface area contributed by atoms with Gasteiger partial charge in [0.25, 0.3) is 0 Å². The predicted molar refractivity (Wildman–Crippen MR) is 99.5 cm³/mol. The Bertz CT molecular complexity index is 908. The van der Waals surface area contributed by atoms with Crippen molar-refractivity contribution in [2.45, 2.75) is 25.3 Å². The van der Waals surface area contributed by atoms with Gasteiger partial charge in [-0.3, -0.25) is 14.3 Å². The third kappa shape index (κ3) is 3.67. The van der Waals surface area contributed by atoms with Gasteiger partial charge in [-0.2, -0.15) is 0 Å². The molecule has 1 aliphatic heterocycles. The van der Waals surface area contributed by atoms with Crippen molar-refractivity contribution >= 4 is 5.91 Å². The number of nitrogens with zero attached hydrogens (tertiary/aromatic N) is 5. The number of carbonyl (C=O) groups is 1. The molecule has 3 aromatic rings. The maximum atomic E-state index is 12.9. The number of rotatable bonds is 5. The molecule has 0 N–H and O–H groups in total. The first-order valence-corrected chi connectivity index (χ1v) is 8.97. The molecule has 27 heavy (non-hydrogen) atoms. The number of methoxy groups -OCH3 is 1.